The van der Waals surface area contributed by atoms with E-state index in [4.69, 9.17) is 20.4 Å². The fourth-order valence-electron chi connectivity index (χ4n) is 4.65. The van der Waals surface area contributed by atoms with Crippen LogP contribution in [0.2, 0.25) is 0 Å². The minimum Gasteiger partial charge on any atom is -0.378 e. The molecule has 0 unspecified atom stereocenters. The molecule has 6 rings (SSSR count). The van der Waals surface area contributed by atoms with Gasteiger partial charge in [-0.15, -0.1) is 22.7 Å². The van der Waals surface area contributed by atoms with Crippen molar-refractivity contribution in [2.45, 2.75) is 6.92 Å². The highest BCUT2D eigenvalue weighted by atomic mass is 32.1. The second kappa shape index (κ2) is 9.93. The van der Waals surface area contributed by atoms with E-state index >= 15 is 0 Å². The molecule has 0 aromatic carbocycles. The molecule has 4 aromatic heterocycles. The molecule has 0 aliphatic carbocycles. The lowest BCUT2D eigenvalue weighted by molar-refractivity contribution is 0.0669. The van der Waals surface area contributed by atoms with Crippen LogP contribution in [0.1, 0.15) is 15.2 Å². The Balaban J connectivity index is 1.40. The normalized spacial score (nSPS) is 17.0. The predicted molar refractivity (Wildman–Crippen MR) is 147 cm³/mol. The topological polar surface area (TPSA) is 114 Å². The van der Waals surface area contributed by atoms with E-state index < -0.39 is 0 Å². The van der Waals surface area contributed by atoms with E-state index in [2.05, 4.69) is 39.1 Å². The number of carbonyl (C=O) groups is 1. The number of hydrogen-bond donors (Lipinski definition) is 1. The van der Waals surface area contributed by atoms with Gasteiger partial charge in [-0.05, 0) is 25.6 Å². The molecule has 192 valence electrons. The zero-order valence-corrected chi connectivity index (χ0v) is 22.4. The fraction of sp³-hybridized carbons (Fsp3) is 0.400. The summed E-state index contributed by atoms with van der Waals surface area (Å²) in [5, 5.41) is 2.08. The summed E-state index contributed by atoms with van der Waals surface area (Å²) in [6, 6.07) is 2.03. The average Bonchev–Trinajstić information content (AvgIpc) is 3.54. The fourth-order valence-corrected chi connectivity index (χ4v) is 6.84. The van der Waals surface area contributed by atoms with Crippen LogP contribution in [0.4, 0.5) is 11.8 Å². The number of ether oxygens (including phenoxy) is 1. The SMILES string of the molecule is Cc1c(-c2csc(C(=O)N3CCN(C)CC3)c2)sc2c(N3CCOCC3)nc(-c3cnc(N)nc3)nc12. The molecular weight excluding hydrogens is 508 g/mol. The van der Waals surface area contributed by atoms with Crippen LogP contribution in [0.25, 0.3) is 32.0 Å². The molecule has 37 heavy (non-hydrogen) atoms. The van der Waals surface area contributed by atoms with Gasteiger partial charge in [0.1, 0.15) is 0 Å². The van der Waals surface area contributed by atoms with E-state index in [1.54, 1.807) is 23.7 Å². The molecule has 0 spiro atoms. The predicted octanol–water partition coefficient (Wildman–Crippen LogP) is 2.99. The summed E-state index contributed by atoms with van der Waals surface area (Å²) in [6.45, 7) is 8.27. The summed E-state index contributed by atoms with van der Waals surface area (Å²) in [5.74, 6) is 1.79. The number of likely N-dealkylation sites (N-methyl/N-ethyl adjacent to an activating group) is 1. The Labute approximate surface area is 222 Å². The molecule has 0 radical (unpaired) electrons. The second-order valence-electron chi connectivity index (χ2n) is 9.33. The van der Waals surface area contributed by atoms with E-state index in [0.717, 1.165) is 76.2 Å². The quantitative estimate of drug-likeness (QED) is 0.420. The molecule has 10 nitrogen and oxygen atoms in total. The Morgan fingerprint density at radius 3 is 2.49 bits per heavy atom. The van der Waals surface area contributed by atoms with Gasteiger partial charge in [0.2, 0.25) is 5.95 Å². The van der Waals surface area contributed by atoms with E-state index in [-0.39, 0.29) is 11.9 Å². The highest BCUT2D eigenvalue weighted by Gasteiger charge is 2.25. The maximum Gasteiger partial charge on any atom is 0.264 e. The molecular formula is C25H28N8O2S2. The third-order valence-electron chi connectivity index (χ3n) is 6.85. The van der Waals surface area contributed by atoms with Crippen molar-refractivity contribution in [3.05, 3.63) is 34.3 Å². The number of aromatic nitrogens is 4. The number of aryl methyl sites for hydroxylation is 1. The lowest BCUT2D eigenvalue weighted by atomic mass is 10.1. The first-order chi connectivity index (χ1) is 18.0. The highest BCUT2D eigenvalue weighted by Crippen LogP contribution is 2.43. The number of rotatable bonds is 4. The Bertz CT molecular complexity index is 1440. The smallest absolute Gasteiger partial charge is 0.264 e. The first-order valence-corrected chi connectivity index (χ1v) is 14.0. The third-order valence-corrected chi connectivity index (χ3v) is 9.10. The number of nitrogen functional groups attached to an aromatic ring is 1. The van der Waals surface area contributed by atoms with Crippen molar-refractivity contribution in [1.29, 1.82) is 0 Å². The first kappa shape index (κ1) is 24.2. The summed E-state index contributed by atoms with van der Waals surface area (Å²) >= 11 is 3.19. The molecule has 0 bridgehead atoms. The number of anilines is 2. The first-order valence-electron chi connectivity index (χ1n) is 12.3. The van der Waals surface area contributed by atoms with E-state index in [1.165, 1.54) is 11.3 Å². The average molecular weight is 537 g/mol. The van der Waals surface area contributed by atoms with E-state index in [1.807, 2.05) is 11.0 Å². The van der Waals surface area contributed by atoms with Gasteiger partial charge in [0.15, 0.2) is 11.6 Å². The molecule has 0 saturated carbocycles. The number of piperazine rings is 1. The summed E-state index contributed by atoms with van der Waals surface area (Å²) in [4.78, 5) is 39.7. The number of carbonyl (C=O) groups excluding carboxylic acids is 1. The van der Waals surface area contributed by atoms with Gasteiger partial charge in [0, 0.05) is 67.5 Å². The number of thiophene rings is 2. The van der Waals surface area contributed by atoms with E-state index in [9.17, 15) is 4.79 Å². The van der Waals surface area contributed by atoms with Crippen LogP contribution in [0.3, 0.4) is 0 Å². The van der Waals surface area contributed by atoms with Crippen molar-refractivity contribution in [3.8, 4) is 21.8 Å². The number of fused-ring (bicyclic) bond motifs is 1. The van der Waals surface area contributed by atoms with Crippen LogP contribution in [0, 0.1) is 6.92 Å². The van der Waals surface area contributed by atoms with Gasteiger partial charge < -0.3 is 25.2 Å². The number of amides is 1. The van der Waals surface area contributed by atoms with Crippen LogP contribution < -0.4 is 10.6 Å². The zero-order chi connectivity index (χ0) is 25.5. The van der Waals surface area contributed by atoms with Crippen molar-refractivity contribution in [2.24, 2.45) is 0 Å². The van der Waals surface area contributed by atoms with Crippen molar-refractivity contribution < 1.29 is 9.53 Å². The molecule has 2 aliphatic rings. The third kappa shape index (κ3) is 4.65. The molecule has 2 fully saturated rings. The number of nitrogens with zero attached hydrogens (tertiary/aromatic N) is 7. The molecule has 2 N–H and O–H groups in total. The summed E-state index contributed by atoms with van der Waals surface area (Å²) < 4.78 is 6.62. The van der Waals surface area contributed by atoms with Gasteiger partial charge in [-0.25, -0.2) is 19.9 Å². The van der Waals surface area contributed by atoms with Gasteiger partial charge >= 0.3 is 0 Å². The standard InChI is InChI=1S/C25H28N8O2S2/c1-15-19-21(37-20(15)16-11-18(36-14-16)24(34)33-5-3-31(2)4-6-33)23(32-7-9-35-10-8-32)30-22(29-19)17-12-27-25(26)28-13-17/h11-14H,3-10H2,1-2H3,(H2,26,27,28). The lowest BCUT2D eigenvalue weighted by Crippen LogP contribution is -2.46. The van der Waals surface area contributed by atoms with Crippen LogP contribution in [-0.2, 0) is 4.74 Å². The Hall–Kier alpha value is -3.19. The molecule has 12 heteroatoms. The van der Waals surface area contributed by atoms with Crippen LogP contribution in [0.15, 0.2) is 23.8 Å². The Kier molecular flexibility index (Phi) is 6.49. The monoisotopic (exact) mass is 536 g/mol. The van der Waals surface area contributed by atoms with Crippen LogP contribution in [0.5, 0.6) is 0 Å². The highest BCUT2D eigenvalue weighted by molar-refractivity contribution is 7.23. The second-order valence-corrected chi connectivity index (χ2v) is 11.3. The number of hydrogen-bond acceptors (Lipinski definition) is 11. The summed E-state index contributed by atoms with van der Waals surface area (Å²) in [6.07, 6.45) is 3.31. The van der Waals surface area contributed by atoms with Gasteiger partial charge in [-0.2, -0.15) is 0 Å². The molecule has 1 amide bonds. The van der Waals surface area contributed by atoms with Gasteiger partial charge in [-0.3, -0.25) is 4.79 Å². The summed E-state index contributed by atoms with van der Waals surface area (Å²) in [5.41, 5.74) is 9.44. The van der Waals surface area contributed by atoms with Gasteiger partial charge in [0.25, 0.3) is 5.91 Å². The Morgan fingerprint density at radius 1 is 1.03 bits per heavy atom. The minimum atomic E-state index is 0.113. The van der Waals surface area contributed by atoms with Crippen molar-refractivity contribution >= 4 is 50.6 Å². The van der Waals surface area contributed by atoms with Crippen molar-refractivity contribution in [3.63, 3.8) is 0 Å². The van der Waals surface area contributed by atoms with Gasteiger partial charge in [0.05, 0.1) is 33.9 Å². The minimum absolute atomic E-state index is 0.113. The maximum atomic E-state index is 13.2. The zero-order valence-electron chi connectivity index (χ0n) is 20.8. The largest absolute Gasteiger partial charge is 0.378 e. The van der Waals surface area contributed by atoms with Crippen molar-refractivity contribution in [2.75, 3.05) is 70.2 Å². The maximum absolute atomic E-state index is 13.2. The van der Waals surface area contributed by atoms with Crippen molar-refractivity contribution in [1.82, 2.24) is 29.7 Å². The lowest BCUT2D eigenvalue weighted by Gasteiger charge is -2.32. The van der Waals surface area contributed by atoms with Crippen LogP contribution in [-0.4, -0.2) is 95.2 Å². The van der Waals surface area contributed by atoms with Crippen LogP contribution >= 0.6 is 22.7 Å². The Morgan fingerprint density at radius 2 is 1.76 bits per heavy atom. The number of morpholine rings is 1. The molecule has 6 heterocycles. The molecule has 0 atom stereocenters. The molecule has 2 aliphatic heterocycles. The number of nitrogens with two attached hydrogens (primary N) is 1. The molecule has 2 saturated heterocycles. The van der Waals surface area contributed by atoms with E-state index in [0.29, 0.717) is 24.6 Å². The molecule has 4 aromatic rings. The van der Waals surface area contributed by atoms with Gasteiger partial charge in [-0.1, -0.05) is 0 Å². The summed E-state index contributed by atoms with van der Waals surface area (Å²) in [7, 11) is 2.09.